The van der Waals surface area contributed by atoms with Crippen molar-refractivity contribution in [2.75, 3.05) is 0 Å². The Bertz CT molecular complexity index is 813. The third-order valence-corrected chi connectivity index (χ3v) is 3.96. The number of aromatic nitrogens is 2. The average molecular weight is 298 g/mol. The van der Waals surface area contributed by atoms with Crippen LogP contribution in [0.15, 0.2) is 34.4 Å². The van der Waals surface area contributed by atoms with E-state index in [1.807, 2.05) is 27.7 Å². The molecule has 0 aliphatic heterocycles. The molecule has 0 saturated heterocycles. The molecular formula is C13H9F3N2OS. The van der Waals surface area contributed by atoms with E-state index >= 15 is 0 Å². The van der Waals surface area contributed by atoms with Crippen molar-refractivity contribution in [3.8, 4) is 0 Å². The third-order valence-electron chi connectivity index (χ3n) is 3.06. The van der Waals surface area contributed by atoms with E-state index in [2.05, 4.69) is 0 Å². The molecule has 0 saturated carbocycles. The van der Waals surface area contributed by atoms with Crippen LogP contribution in [-0.2, 0) is 12.6 Å². The maximum absolute atomic E-state index is 12.8. The zero-order chi connectivity index (χ0) is 14.3. The summed E-state index contributed by atoms with van der Waals surface area (Å²) in [5.41, 5.74) is -1.35. The van der Waals surface area contributed by atoms with Gasteiger partial charge in [-0.25, -0.2) is 0 Å². The summed E-state index contributed by atoms with van der Waals surface area (Å²) in [5, 5.41) is 6.78. The van der Waals surface area contributed by atoms with Crippen LogP contribution in [0.25, 0.3) is 10.1 Å². The van der Waals surface area contributed by atoms with Crippen molar-refractivity contribution in [3.05, 3.63) is 56.8 Å². The number of rotatable bonds is 2. The molecule has 20 heavy (non-hydrogen) atoms. The van der Waals surface area contributed by atoms with Crippen LogP contribution in [0.5, 0.6) is 0 Å². The van der Waals surface area contributed by atoms with Gasteiger partial charge in [-0.05, 0) is 34.5 Å². The minimum Gasteiger partial charge on any atom is -0.293 e. The van der Waals surface area contributed by atoms with Gasteiger partial charge in [0.1, 0.15) is 5.69 Å². The summed E-state index contributed by atoms with van der Waals surface area (Å²) < 4.78 is 39.4. The standard InChI is InChI=1S/C13H9F3N2OS/c14-13(15,16)11-9(12(19)18-17-11)6-7-1-2-10-8(5-7)3-4-20-10/h1-5H,6H2,(H2,17,18,19). The van der Waals surface area contributed by atoms with Gasteiger partial charge in [0.25, 0.3) is 5.56 Å². The first-order valence-electron chi connectivity index (χ1n) is 5.78. The molecule has 0 aliphatic carbocycles. The number of thiophene rings is 1. The summed E-state index contributed by atoms with van der Waals surface area (Å²) in [4.78, 5) is 11.5. The first-order valence-corrected chi connectivity index (χ1v) is 6.66. The summed E-state index contributed by atoms with van der Waals surface area (Å²) >= 11 is 1.56. The number of H-pyrrole nitrogens is 2. The smallest absolute Gasteiger partial charge is 0.293 e. The molecular weight excluding hydrogens is 289 g/mol. The molecule has 0 atom stereocenters. The van der Waals surface area contributed by atoms with E-state index in [0.29, 0.717) is 5.56 Å². The highest BCUT2D eigenvalue weighted by molar-refractivity contribution is 7.17. The molecule has 0 bridgehead atoms. The van der Waals surface area contributed by atoms with E-state index in [0.717, 1.165) is 10.1 Å². The minimum atomic E-state index is -4.57. The quantitative estimate of drug-likeness (QED) is 0.747. The van der Waals surface area contributed by atoms with Gasteiger partial charge in [-0.1, -0.05) is 6.07 Å². The van der Waals surface area contributed by atoms with Crippen molar-refractivity contribution in [1.29, 1.82) is 0 Å². The number of aromatic amines is 2. The van der Waals surface area contributed by atoms with Crippen molar-refractivity contribution < 1.29 is 13.2 Å². The van der Waals surface area contributed by atoms with Crippen molar-refractivity contribution in [2.24, 2.45) is 0 Å². The van der Waals surface area contributed by atoms with Crippen LogP contribution in [-0.4, -0.2) is 10.2 Å². The lowest BCUT2D eigenvalue weighted by Crippen LogP contribution is -2.13. The lowest BCUT2D eigenvalue weighted by molar-refractivity contribution is -0.141. The van der Waals surface area contributed by atoms with E-state index in [4.69, 9.17) is 0 Å². The third kappa shape index (κ3) is 2.24. The molecule has 0 amide bonds. The number of halogens is 3. The molecule has 3 nitrogen and oxygen atoms in total. The molecule has 2 aromatic heterocycles. The van der Waals surface area contributed by atoms with E-state index in [9.17, 15) is 18.0 Å². The molecule has 0 radical (unpaired) electrons. The Morgan fingerprint density at radius 3 is 2.70 bits per heavy atom. The lowest BCUT2D eigenvalue weighted by Gasteiger charge is -2.06. The topological polar surface area (TPSA) is 48.6 Å². The second-order valence-corrected chi connectivity index (χ2v) is 5.35. The van der Waals surface area contributed by atoms with Crippen LogP contribution in [0.4, 0.5) is 13.2 Å². The normalized spacial score (nSPS) is 12.2. The number of hydrogen-bond donors (Lipinski definition) is 2. The SMILES string of the molecule is O=c1[nH][nH]c(C(F)(F)F)c1Cc1ccc2sccc2c1. The molecule has 104 valence electrons. The second kappa shape index (κ2) is 4.52. The fourth-order valence-corrected chi connectivity index (χ4v) is 2.90. The second-order valence-electron chi connectivity index (χ2n) is 4.40. The first-order chi connectivity index (χ1) is 9.45. The van der Waals surface area contributed by atoms with Gasteiger partial charge < -0.3 is 0 Å². The Morgan fingerprint density at radius 2 is 1.95 bits per heavy atom. The van der Waals surface area contributed by atoms with Crippen LogP contribution in [0.2, 0.25) is 0 Å². The van der Waals surface area contributed by atoms with Crippen molar-refractivity contribution in [3.63, 3.8) is 0 Å². The van der Waals surface area contributed by atoms with E-state index < -0.39 is 17.4 Å². The summed E-state index contributed by atoms with van der Waals surface area (Å²) in [7, 11) is 0. The van der Waals surface area contributed by atoms with Crippen LogP contribution < -0.4 is 5.56 Å². The predicted octanol–water partition coefficient (Wildman–Crippen LogP) is 3.53. The summed E-state index contributed by atoms with van der Waals surface area (Å²) in [6.45, 7) is 0. The fraction of sp³-hybridized carbons (Fsp3) is 0.154. The van der Waals surface area contributed by atoms with E-state index in [1.165, 1.54) is 0 Å². The van der Waals surface area contributed by atoms with Gasteiger partial charge in [0.2, 0.25) is 0 Å². The Morgan fingerprint density at radius 1 is 1.15 bits per heavy atom. The largest absolute Gasteiger partial charge is 0.433 e. The van der Waals surface area contributed by atoms with Gasteiger partial charge in [0.05, 0.1) is 5.56 Å². The van der Waals surface area contributed by atoms with Crippen LogP contribution in [0.1, 0.15) is 16.8 Å². The molecule has 2 heterocycles. The van der Waals surface area contributed by atoms with Crippen molar-refractivity contribution in [2.45, 2.75) is 12.6 Å². The molecule has 1 aromatic carbocycles. The maximum Gasteiger partial charge on any atom is 0.433 e. The predicted molar refractivity (Wildman–Crippen MR) is 71.0 cm³/mol. The van der Waals surface area contributed by atoms with E-state index in [-0.39, 0.29) is 12.0 Å². The van der Waals surface area contributed by atoms with Crippen LogP contribution >= 0.6 is 11.3 Å². The molecule has 3 rings (SSSR count). The molecule has 3 aromatic rings. The zero-order valence-electron chi connectivity index (χ0n) is 10.0. The van der Waals surface area contributed by atoms with Crippen LogP contribution in [0.3, 0.4) is 0 Å². The maximum atomic E-state index is 12.8. The highest BCUT2D eigenvalue weighted by atomic mass is 32.1. The number of hydrogen-bond acceptors (Lipinski definition) is 2. The monoisotopic (exact) mass is 298 g/mol. The minimum absolute atomic E-state index is 0.0561. The summed E-state index contributed by atoms with van der Waals surface area (Å²) in [6, 6.07) is 7.29. The molecule has 0 aliphatic rings. The molecule has 2 N–H and O–H groups in total. The average Bonchev–Trinajstić information content (AvgIpc) is 2.96. The van der Waals surface area contributed by atoms with Crippen molar-refractivity contribution in [1.82, 2.24) is 10.2 Å². The Hall–Kier alpha value is -2.02. The van der Waals surface area contributed by atoms with E-state index in [1.54, 1.807) is 23.5 Å². The van der Waals surface area contributed by atoms with Gasteiger partial charge in [-0.15, -0.1) is 11.3 Å². The highest BCUT2D eigenvalue weighted by Gasteiger charge is 2.36. The lowest BCUT2D eigenvalue weighted by atomic mass is 10.0. The Labute approximate surface area is 115 Å². The zero-order valence-corrected chi connectivity index (χ0v) is 10.9. The molecule has 0 unspecified atom stereocenters. The van der Waals surface area contributed by atoms with Gasteiger partial charge in [-0.2, -0.15) is 13.2 Å². The number of nitrogens with one attached hydrogen (secondary N) is 2. The number of benzene rings is 1. The summed E-state index contributed by atoms with van der Waals surface area (Å²) in [6.07, 6.45) is -4.62. The highest BCUT2D eigenvalue weighted by Crippen LogP contribution is 2.30. The summed E-state index contributed by atoms with van der Waals surface area (Å²) in [5.74, 6) is 0. The first kappa shape index (κ1) is 13.0. The van der Waals surface area contributed by atoms with Gasteiger partial charge in [0, 0.05) is 11.1 Å². The fourth-order valence-electron chi connectivity index (χ4n) is 2.12. The Balaban J connectivity index is 2.02. The Kier molecular flexibility index (Phi) is 2.93. The molecule has 0 fully saturated rings. The number of alkyl halides is 3. The molecule has 7 heteroatoms. The van der Waals surface area contributed by atoms with Crippen molar-refractivity contribution >= 4 is 21.4 Å². The molecule has 0 spiro atoms. The van der Waals surface area contributed by atoms with Crippen LogP contribution in [0, 0.1) is 0 Å². The number of fused-ring (bicyclic) bond motifs is 1. The van der Waals surface area contributed by atoms with Gasteiger partial charge >= 0.3 is 6.18 Å². The van der Waals surface area contributed by atoms with Gasteiger partial charge in [0.15, 0.2) is 0 Å². The van der Waals surface area contributed by atoms with Gasteiger partial charge in [-0.3, -0.25) is 15.0 Å².